The number of para-hydroxylation sites is 3. The molecule has 38 heavy (non-hydrogen) atoms. The highest BCUT2D eigenvalue weighted by Gasteiger charge is 2.27. The largest absolute Gasteiger partial charge is 0.497 e. The van der Waals surface area contributed by atoms with Crippen molar-refractivity contribution in [2.24, 2.45) is 0 Å². The van der Waals surface area contributed by atoms with Gasteiger partial charge in [-0.1, -0.05) is 41.9 Å². The number of ether oxygens (including phenoxy) is 3. The molecule has 0 bridgehead atoms. The molecular weight excluding hydrogens is 528 g/mol. The van der Waals surface area contributed by atoms with E-state index in [0.717, 1.165) is 4.31 Å². The van der Waals surface area contributed by atoms with Gasteiger partial charge in [0.05, 0.1) is 30.5 Å². The predicted molar refractivity (Wildman–Crippen MR) is 147 cm³/mol. The number of anilines is 2. The Labute approximate surface area is 226 Å². The number of halogens is 1. The number of sulfonamides is 1. The van der Waals surface area contributed by atoms with Gasteiger partial charge >= 0.3 is 0 Å². The average Bonchev–Trinajstić information content (AvgIpc) is 2.94. The summed E-state index contributed by atoms with van der Waals surface area (Å²) in [6.07, 6.45) is 0. The van der Waals surface area contributed by atoms with Crippen LogP contribution in [0.15, 0.2) is 102 Å². The number of amides is 1. The molecular formula is C28H25ClN2O6S. The second-order valence-corrected chi connectivity index (χ2v) is 10.3. The molecule has 4 aromatic carbocycles. The van der Waals surface area contributed by atoms with Crippen LogP contribution in [0.1, 0.15) is 0 Å². The first-order valence-electron chi connectivity index (χ1n) is 11.4. The highest BCUT2D eigenvalue weighted by molar-refractivity contribution is 7.92. The molecule has 10 heteroatoms. The summed E-state index contributed by atoms with van der Waals surface area (Å²) >= 11 is 6.19. The van der Waals surface area contributed by atoms with Crippen LogP contribution < -0.4 is 23.8 Å². The second kappa shape index (κ2) is 11.9. The van der Waals surface area contributed by atoms with Crippen LogP contribution in [0.25, 0.3) is 0 Å². The molecule has 0 fully saturated rings. The number of rotatable bonds is 10. The van der Waals surface area contributed by atoms with Crippen molar-refractivity contribution in [3.05, 3.63) is 102 Å². The van der Waals surface area contributed by atoms with E-state index in [4.69, 9.17) is 25.8 Å². The van der Waals surface area contributed by atoms with Gasteiger partial charge in [0.1, 0.15) is 12.3 Å². The van der Waals surface area contributed by atoms with Crippen LogP contribution in [0.3, 0.4) is 0 Å². The Morgan fingerprint density at radius 2 is 1.47 bits per heavy atom. The molecule has 8 nitrogen and oxygen atoms in total. The van der Waals surface area contributed by atoms with E-state index in [9.17, 15) is 13.2 Å². The first kappa shape index (κ1) is 26.8. The molecule has 0 aliphatic carbocycles. The summed E-state index contributed by atoms with van der Waals surface area (Å²) in [5, 5.41) is 3.10. The standard InChI is InChI=1S/C28H25ClN2O6S/c1-35-22-13-15-23(16-14-22)38(33,34)31(21-8-4-3-5-9-21)19-28(32)30-24-18-20(29)12-17-25(24)37-27-11-7-6-10-26(27)36-2/h3-18H,19H2,1-2H3,(H,30,32). The minimum Gasteiger partial charge on any atom is -0.497 e. The maximum absolute atomic E-state index is 13.6. The zero-order chi connectivity index (χ0) is 27.1. The lowest BCUT2D eigenvalue weighted by Gasteiger charge is -2.24. The van der Waals surface area contributed by atoms with E-state index in [-0.39, 0.29) is 10.6 Å². The van der Waals surface area contributed by atoms with Gasteiger partial charge in [-0.05, 0) is 66.7 Å². The van der Waals surface area contributed by atoms with Crippen molar-refractivity contribution < 1.29 is 27.4 Å². The molecule has 0 spiro atoms. The first-order chi connectivity index (χ1) is 18.3. The summed E-state index contributed by atoms with van der Waals surface area (Å²) < 4.78 is 44.7. The Balaban J connectivity index is 1.63. The average molecular weight is 553 g/mol. The molecule has 4 rings (SSSR count). The van der Waals surface area contributed by atoms with E-state index < -0.39 is 22.5 Å². The quantitative estimate of drug-likeness (QED) is 0.260. The molecule has 0 heterocycles. The van der Waals surface area contributed by atoms with Crippen LogP contribution in [-0.4, -0.2) is 35.1 Å². The number of carbonyl (C=O) groups excluding carboxylic acids is 1. The molecule has 0 aromatic heterocycles. The topological polar surface area (TPSA) is 94.2 Å². The van der Waals surface area contributed by atoms with Crippen LogP contribution in [0.4, 0.5) is 11.4 Å². The lowest BCUT2D eigenvalue weighted by molar-refractivity contribution is -0.114. The zero-order valence-electron chi connectivity index (χ0n) is 20.6. The van der Waals surface area contributed by atoms with Gasteiger partial charge in [-0.3, -0.25) is 9.10 Å². The van der Waals surface area contributed by atoms with Crippen molar-refractivity contribution in [1.29, 1.82) is 0 Å². The highest BCUT2D eigenvalue weighted by atomic mass is 35.5. The third kappa shape index (κ3) is 6.19. The molecule has 0 aliphatic rings. The van der Waals surface area contributed by atoms with E-state index in [0.29, 0.717) is 33.7 Å². The van der Waals surface area contributed by atoms with Gasteiger partial charge in [0.2, 0.25) is 5.91 Å². The highest BCUT2D eigenvalue weighted by Crippen LogP contribution is 2.36. The smallest absolute Gasteiger partial charge is 0.264 e. The SMILES string of the molecule is COc1ccc(S(=O)(=O)N(CC(=O)Nc2cc(Cl)ccc2Oc2ccccc2OC)c2ccccc2)cc1. The Morgan fingerprint density at radius 3 is 2.13 bits per heavy atom. The summed E-state index contributed by atoms with van der Waals surface area (Å²) in [5.74, 6) is 1.15. The normalized spacial score (nSPS) is 10.9. The van der Waals surface area contributed by atoms with Crippen LogP contribution in [0.5, 0.6) is 23.0 Å². The summed E-state index contributed by atoms with van der Waals surface area (Å²) in [5.41, 5.74) is 0.596. The number of methoxy groups -OCH3 is 2. The monoisotopic (exact) mass is 552 g/mol. The fraction of sp³-hybridized carbons (Fsp3) is 0.107. The molecule has 0 atom stereocenters. The molecule has 0 aliphatic heterocycles. The van der Waals surface area contributed by atoms with Gasteiger partial charge < -0.3 is 19.5 Å². The molecule has 1 amide bonds. The molecule has 0 saturated carbocycles. The lowest BCUT2D eigenvalue weighted by Crippen LogP contribution is -2.38. The van der Waals surface area contributed by atoms with Crippen LogP contribution in [-0.2, 0) is 14.8 Å². The Bertz CT molecular complexity index is 1510. The third-order valence-electron chi connectivity index (χ3n) is 5.48. The zero-order valence-corrected chi connectivity index (χ0v) is 22.2. The van der Waals surface area contributed by atoms with Crippen molar-refractivity contribution in [2.45, 2.75) is 4.90 Å². The van der Waals surface area contributed by atoms with Gasteiger partial charge in [-0.2, -0.15) is 0 Å². The Morgan fingerprint density at radius 1 is 0.816 bits per heavy atom. The fourth-order valence-corrected chi connectivity index (χ4v) is 5.21. The van der Waals surface area contributed by atoms with E-state index in [1.165, 1.54) is 32.4 Å². The predicted octanol–water partition coefficient (Wildman–Crippen LogP) is 5.98. The minimum atomic E-state index is -4.10. The van der Waals surface area contributed by atoms with Gasteiger partial charge in [0.25, 0.3) is 10.0 Å². The van der Waals surface area contributed by atoms with Gasteiger partial charge in [0, 0.05) is 5.02 Å². The van der Waals surface area contributed by atoms with E-state index in [1.54, 1.807) is 78.9 Å². The number of benzene rings is 4. The summed E-state index contributed by atoms with van der Waals surface area (Å²) in [4.78, 5) is 13.3. The number of nitrogens with zero attached hydrogens (tertiary/aromatic N) is 1. The van der Waals surface area contributed by atoms with E-state index in [2.05, 4.69) is 5.32 Å². The Kier molecular flexibility index (Phi) is 8.40. The molecule has 0 radical (unpaired) electrons. The lowest BCUT2D eigenvalue weighted by atomic mass is 10.2. The number of carbonyl (C=O) groups is 1. The van der Waals surface area contributed by atoms with Crippen molar-refractivity contribution in [3.63, 3.8) is 0 Å². The maximum atomic E-state index is 13.6. The van der Waals surface area contributed by atoms with E-state index >= 15 is 0 Å². The summed E-state index contributed by atoms with van der Waals surface area (Å²) in [7, 11) is -1.09. The molecule has 0 saturated heterocycles. The van der Waals surface area contributed by atoms with Gasteiger partial charge in [-0.15, -0.1) is 0 Å². The van der Waals surface area contributed by atoms with Crippen molar-refractivity contribution in [1.82, 2.24) is 0 Å². The second-order valence-electron chi connectivity index (χ2n) is 7.96. The van der Waals surface area contributed by atoms with Gasteiger partial charge in [0.15, 0.2) is 17.2 Å². The van der Waals surface area contributed by atoms with Crippen LogP contribution in [0.2, 0.25) is 5.02 Å². The maximum Gasteiger partial charge on any atom is 0.264 e. The molecule has 1 N–H and O–H groups in total. The molecule has 4 aromatic rings. The van der Waals surface area contributed by atoms with Crippen molar-refractivity contribution >= 4 is 38.9 Å². The number of hydrogen-bond acceptors (Lipinski definition) is 6. The molecule has 196 valence electrons. The first-order valence-corrected chi connectivity index (χ1v) is 13.3. The van der Waals surface area contributed by atoms with Crippen LogP contribution >= 0.6 is 11.6 Å². The third-order valence-corrected chi connectivity index (χ3v) is 7.51. The Hall–Kier alpha value is -4.21. The van der Waals surface area contributed by atoms with Gasteiger partial charge in [-0.25, -0.2) is 8.42 Å². The summed E-state index contributed by atoms with van der Waals surface area (Å²) in [6, 6.07) is 26.1. The van der Waals surface area contributed by atoms with Crippen molar-refractivity contribution in [3.8, 4) is 23.0 Å². The number of nitrogens with one attached hydrogen (secondary N) is 1. The van der Waals surface area contributed by atoms with Crippen LogP contribution in [0, 0.1) is 0 Å². The molecule has 0 unspecified atom stereocenters. The minimum absolute atomic E-state index is 0.0119. The number of hydrogen-bond donors (Lipinski definition) is 1. The summed E-state index contributed by atoms with van der Waals surface area (Å²) in [6.45, 7) is -0.501. The van der Waals surface area contributed by atoms with E-state index in [1.807, 2.05) is 0 Å². The van der Waals surface area contributed by atoms with Crippen molar-refractivity contribution in [2.75, 3.05) is 30.4 Å². The fourth-order valence-electron chi connectivity index (χ4n) is 3.61.